The van der Waals surface area contributed by atoms with Gasteiger partial charge in [-0.1, -0.05) is 32.1 Å². The number of carbonyl (C=O) groups is 1. The van der Waals surface area contributed by atoms with E-state index in [4.69, 9.17) is 9.47 Å². The molecular formula is C22H27NO3. The summed E-state index contributed by atoms with van der Waals surface area (Å²) in [6.07, 6.45) is 8.31. The number of nitrogens with one attached hydrogen (secondary N) is 1. The Labute approximate surface area is 154 Å². The fourth-order valence-electron chi connectivity index (χ4n) is 5.42. The number of ether oxygens (including phenoxy) is 2. The maximum Gasteiger partial charge on any atom is 0.224 e. The van der Waals surface area contributed by atoms with Gasteiger partial charge in [0.25, 0.3) is 0 Å². The third-order valence-electron chi connectivity index (χ3n) is 6.95. The molecule has 0 unspecified atom stereocenters. The molecule has 5 rings (SSSR count). The van der Waals surface area contributed by atoms with Crippen molar-refractivity contribution in [2.45, 2.75) is 39.2 Å². The molecule has 4 aliphatic rings. The highest BCUT2D eigenvalue weighted by molar-refractivity contribution is 5.81. The van der Waals surface area contributed by atoms with E-state index in [0.717, 1.165) is 23.5 Å². The van der Waals surface area contributed by atoms with Gasteiger partial charge >= 0.3 is 0 Å². The lowest BCUT2D eigenvalue weighted by Crippen LogP contribution is -2.38. The van der Waals surface area contributed by atoms with E-state index in [1.807, 2.05) is 12.1 Å². The van der Waals surface area contributed by atoms with Crippen molar-refractivity contribution in [2.24, 2.45) is 29.1 Å². The van der Waals surface area contributed by atoms with Crippen molar-refractivity contribution < 1.29 is 14.3 Å². The van der Waals surface area contributed by atoms with Gasteiger partial charge in [0.05, 0.1) is 6.04 Å². The van der Waals surface area contributed by atoms with Crippen molar-refractivity contribution in [3.63, 3.8) is 0 Å². The first-order valence-electron chi connectivity index (χ1n) is 9.97. The van der Waals surface area contributed by atoms with Crippen molar-refractivity contribution >= 4 is 5.91 Å². The van der Waals surface area contributed by atoms with Crippen LogP contribution in [0.1, 0.15) is 44.7 Å². The molecule has 1 amide bonds. The lowest BCUT2D eigenvalue weighted by molar-refractivity contribution is -0.127. The second kappa shape index (κ2) is 5.77. The van der Waals surface area contributed by atoms with Crippen molar-refractivity contribution in [1.29, 1.82) is 0 Å². The summed E-state index contributed by atoms with van der Waals surface area (Å²) in [5.74, 6) is 3.35. The van der Waals surface area contributed by atoms with Crippen LogP contribution in [-0.4, -0.2) is 19.1 Å². The van der Waals surface area contributed by atoms with E-state index in [0.29, 0.717) is 36.4 Å². The zero-order valence-electron chi connectivity index (χ0n) is 15.5. The van der Waals surface area contributed by atoms with Crippen LogP contribution in [0.3, 0.4) is 0 Å². The Balaban J connectivity index is 1.35. The van der Waals surface area contributed by atoms with Gasteiger partial charge in [-0.25, -0.2) is 0 Å². The number of carbonyl (C=O) groups excluding carboxylic acids is 1. The van der Waals surface area contributed by atoms with E-state index < -0.39 is 0 Å². The molecule has 4 nitrogen and oxygen atoms in total. The first-order valence-corrected chi connectivity index (χ1v) is 9.97. The SMILES string of the molecule is CC(C)[C@H](NC(=O)[C@H]1C[C@H]2C=C[C@H]1C21CC1)c1ccc2c(c1)OCCO2. The topological polar surface area (TPSA) is 47.6 Å². The molecule has 0 saturated heterocycles. The normalized spacial score (nSPS) is 30.7. The fraction of sp³-hybridized carbons (Fsp3) is 0.591. The van der Waals surface area contributed by atoms with Crippen LogP contribution in [0.25, 0.3) is 0 Å². The van der Waals surface area contributed by atoms with E-state index in [1.54, 1.807) is 0 Å². The molecule has 4 atom stereocenters. The van der Waals surface area contributed by atoms with Gasteiger partial charge in [-0.05, 0) is 60.1 Å². The van der Waals surface area contributed by atoms with E-state index >= 15 is 0 Å². The number of amides is 1. The number of fused-ring (bicyclic) bond motifs is 1. The Kier molecular flexibility index (Phi) is 3.60. The van der Waals surface area contributed by atoms with Crippen molar-refractivity contribution in [3.05, 3.63) is 35.9 Å². The van der Waals surface area contributed by atoms with Crippen LogP contribution in [0, 0.1) is 29.1 Å². The summed E-state index contributed by atoms with van der Waals surface area (Å²) in [7, 11) is 0. The van der Waals surface area contributed by atoms with Crippen LogP contribution < -0.4 is 14.8 Å². The number of benzene rings is 1. The third-order valence-corrected chi connectivity index (χ3v) is 6.95. The Morgan fingerprint density at radius 1 is 1.15 bits per heavy atom. The quantitative estimate of drug-likeness (QED) is 0.836. The van der Waals surface area contributed by atoms with Gasteiger partial charge in [0.1, 0.15) is 13.2 Å². The molecule has 1 spiro atoms. The Bertz CT molecular complexity index is 765. The third kappa shape index (κ3) is 2.38. The van der Waals surface area contributed by atoms with Gasteiger partial charge < -0.3 is 14.8 Å². The highest BCUT2D eigenvalue weighted by Crippen LogP contribution is 2.70. The predicted octanol–water partition coefficient (Wildman–Crippen LogP) is 3.87. The van der Waals surface area contributed by atoms with Crippen LogP contribution >= 0.6 is 0 Å². The van der Waals surface area contributed by atoms with Crippen LogP contribution in [0.5, 0.6) is 11.5 Å². The molecule has 1 heterocycles. The molecule has 138 valence electrons. The summed E-state index contributed by atoms with van der Waals surface area (Å²) >= 11 is 0. The fourth-order valence-corrected chi connectivity index (χ4v) is 5.42. The maximum absolute atomic E-state index is 13.1. The van der Waals surface area contributed by atoms with E-state index in [-0.39, 0.29) is 17.9 Å². The van der Waals surface area contributed by atoms with Gasteiger partial charge in [0.2, 0.25) is 5.91 Å². The minimum absolute atomic E-state index is 0.00316. The van der Waals surface area contributed by atoms with Crippen LogP contribution in [0.2, 0.25) is 0 Å². The average Bonchev–Trinajstić information content (AvgIpc) is 3.32. The number of hydrogen-bond donors (Lipinski definition) is 1. The second-order valence-corrected chi connectivity index (χ2v) is 8.73. The predicted molar refractivity (Wildman–Crippen MR) is 99.0 cm³/mol. The first kappa shape index (κ1) is 16.2. The molecule has 2 saturated carbocycles. The molecule has 1 N–H and O–H groups in total. The lowest BCUT2D eigenvalue weighted by atomic mass is 9.87. The van der Waals surface area contributed by atoms with Crippen LogP contribution in [0.15, 0.2) is 30.4 Å². The minimum atomic E-state index is -0.00316. The molecule has 0 aromatic heterocycles. The summed E-state index contributed by atoms with van der Waals surface area (Å²) < 4.78 is 11.4. The number of hydrogen-bond acceptors (Lipinski definition) is 3. The molecular weight excluding hydrogens is 326 g/mol. The van der Waals surface area contributed by atoms with Gasteiger partial charge in [0.15, 0.2) is 11.5 Å². The van der Waals surface area contributed by atoms with Gasteiger partial charge in [-0.3, -0.25) is 4.79 Å². The Morgan fingerprint density at radius 3 is 2.62 bits per heavy atom. The van der Waals surface area contributed by atoms with Crippen molar-refractivity contribution in [3.8, 4) is 11.5 Å². The summed E-state index contributed by atoms with van der Waals surface area (Å²) in [5.41, 5.74) is 1.55. The monoisotopic (exact) mass is 353 g/mol. The van der Waals surface area contributed by atoms with E-state index in [1.165, 1.54) is 12.8 Å². The largest absolute Gasteiger partial charge is 0.486 e. The molecule has 26 heavy (non-hydrogen) atoms. The standard InChI is InChI=1S/C22H27NO3/c1-13(2)20(14-3-6-18-19(11-14)26-10-9-25-18)23-21(24)16-12-15-4-5-17(16)22(15)7-8-22/h3-6,11,13,15-17,20H,7-10,12H2,1-2H3,(H,23,24)/t15-,16+,17-,20+/m1/s1. The molecule has 3 aliphatic carbocycles. The zero-order valence-corrected chi connectivity index (χ0v) is 15.5. The molecule has 1 aromatic carbocycles. The summed E-state index contributed by atoms with van der Waals surface area (Å²) in [5, 5.41) is 3.36. The van der Waals surface area contributed by atoms with Gasteiger partial charge in [0, 0.05) is 5.92 Å². The zero-order chi connectivity index (χ0) is 17.9. The molecule has 0 radical (unpaired) electrons. The highest BCUT2D eigenvalue weighted by atomic mass is 16.6. The maximum atomic E-state index is 13.1. The van der Waals surface area contributed by atoms with Gasteiger partial charge in [-0.2, -0.15) is 0 Å². The van der Waals surface area contributed by atoms with Crippen LogP contribution in [0.4, 0.5) is 0 Å². The minimum Gasteiger partial charge on any atom is -0.486 e. The molecule has 1 aromatic rings. The number of rotatable bonds is 4. The smallest absolute Gasteiger partial charge is 0.224 e. The number of allylic oxidation sites excluding steroid dienone is 2. The lowest BCUT2D eigenvalue weighted by Gasteiger charge is -2.28. The molecule has 1 aliphatic heterocycles. The van der Waals surface area contributed by atoms with Crippen LogP contribution in [-0.2, 0) is 4.79 Å². The van der Waals surface area contributed by atoms with Crippen molar-refractivity contribution in [1.82, 2.24) is 5.32 Å². The Morgan fingerprint density at radius 2 is 1.92 bits per heavy atom. The first-order chi connectivity index (χ1) is 12.6. The second-order valence-electron chi connectivity index (χ2n) is 8.73. The highest BCUT2D eigenvalue weighted by Gasteiger charge is 2.64. The van der Waals surface area contributed by atoms with Crippen molar-refractivity contribution in [2.75, 3.05) is 13.2 Å². The Hall–Kier alpha value is -1.97. The van der Waals surface area contributed by atoms with E-state index in [9.17, 15) is 4.79 Å². The molecule has 4 heteroatoms. The summed E-state index contributed by atoms with van der Waals surface area (Å²) in [6, 6.07) is 6.05. The molecule has 2 bridgehead atoms. The summed E-state index contributed by atoms with van der Waals surface area (Å²) in [4.78, 5) is 13.1. The van der Waals surface area contributed by atoms with E-state index in [2.05, 4.69) is 37.4 Å². The van der Waals surface area contributed by atoms with Gasteiger partial charge in [-0.15, -0.1) is 0 Å². The molecule has 2 fully saturated rings. The summed E-state index contributed by atoms with van der Waals surface area (Å²) in [6.45, 7) is 5.49. The average molecular weight is 353 g/mol.